The molecule has 1 heterocycles. The van der Waals surface area contributed by atoms with E-state index >= 15 is 0 Å². The molecule has 10 nitrogen and oxygen atoms in total. The summed E-state index contributed by atoms with van der Waals surface area (Å²) in [6.07, 6.45) is 4.28. The number of aryl methyl sites for hydroxylation is 1. The molecule has 0 unspecified atom stereocenters. The van der Waals surface area contributed by atoms with Crippen molar-refractivity contribution >= 4 is 33.6 Å². The standard InChI is InChI=1S/C21H28ClFN6O4S/c1-5-28(3)21(31)29(4)15-6-13(7-15)11-34(32,33)26-25-20(30)16-8-14(9-17(22)19(16)23)18-10-27(2)12-24-18/h8-10,12-13,15,26H,5-7,11H2,1-4H3,(H,25,30). The molecule has 3 amide bonds. The first-order valence-corrected chi connectivity index (χ1v) is 12.7. The van der Waals surface area contributed by atoms with Gasteiger partial charge in [0.25, 0.3) is 5.91 Å². The maximum Gasteiger partial charge on any atom is 0.319 e. The zero-order valence-electron chi connectivity index (χ0n) is 19.4. The Bertz CT molecular complexity index is 1180. The summed E-state index contributed by atoms with van der Waals surface area (Å²) in [6.45, 7) is 2.45. The van der Waals surface area contributed by atoms with E-state index in [-0.39, 0.29) is 28.8 Å². The van der Waals surface area contributed by atoms with Crippen molar-refractivity contribution in [3.05, 3.63) is 41.1 Å². The molecule has 0 saturated heterocycles. The van der Waals surface area contributed by atoms with Crippen molar-refractivity contribution in [3.8, 4) is 11.3 Å². The van der Waals surface area contributed by atoms with Crippen molar-refractivity contribution in [2.24, 2.45) is 13.0 Å². The van der Waals surface area contributed by atoms with Gasteiger partial charge in [0.1, 0.15) is 0 Å². The van der Waals surface area contributed by atoms with Gasteiger partial charge in [-0.05, 0) is 37.8 Å². The molecule has 1 saturated carbocycles. The summed E-state index contributed by atoms with van der Waals surface area (Å²) in [7, 11) is 1.27. The van der Waals surface area contributed by atoms with Crippen molar-refractivity contribution in [2.45, 2.75) is 25.8 Å². The van der Waals surface area contributed by atoms with E-state index in [2.05, 4.69) is 4.98 Å². The highest BCUT2D eigenvalue weighted by molar-refractivity contribution is 7.89. The molecule has 13 heteroatoms. The van der Waals surface area contributed by atoms with Crippen LogP contribution in [0.5, 0.6) is 0 Å². The second-order valence-corrected chi connectivity index (χ2v) is 10.7. The van der Waals surface area contributed by atoms with Gasteiger partial charge in [0.15, 0.2) is 5.82 Å². The smallest absolute Gasteiger partial charge is 0.319 e. The monoisotopic (exact) mass is 514 g/mol. The Kier molecular flexibility index (Phi) is 7.84. The molecular weight excluding hydrogens is 487 g/mol. The normalized spacial score (nSPS) is 17.7. The third-order valence-electron chi connectivity index (χ3n) is 5.91. The van der Waals surface area contributed by atoms with Crippen molar-refractivity contribution in [1.29, 1.82) is 0 Å². The molecule has 3 rings (SSSR count). The number of carbonyl (C=O) groups is 2. The van der Waals surface area contributed by atoms with Crippen LogP contribution in [0, 0.1) is 11.7 Å². The van der Waals surface area contributed by atoms with Crippen molar-refractivity contribution in [2.75, 3.05) is 26.4 Å². The van der Waals surface area contributed by atoms with E-state index in [0.717, 1.165) is 0 Å². The number of carbonyl (C=O) groups excluding carboxylic acids is 2. The Labute approximate surface area is 203 Å². The van der Waals surface area contributed by atoms with Gasteiger partial charge in [0, 0.05) is 45.5 Å². The number of hydrazine groups is 1. The lowest BCUT2D eigenvalue weighted by Gasteiger charge is -2.42. The topological polar surface area (TPSA) is 117 Å². The van der Waals surface area contributed by atoms with E-state index in [1.807, 2.05) is 17.2 Å². The first-order chi connectivity index (χ1) is 15.9. The minimum absolute atomic E-state index is 0.0399. The van der Waals surface area contributed by atoms with E-state index < -0.39 is 27.3 Å². The van der Waals surface area contributed by atoms with E-state index in [4.69, 9.17) is 11.6 Å². The number of hydrogen-bond acceptors (Lipinski definition) is 5. The number of amides is 3. The Morgan fingerprint density at radius 3 is 2.56 bits per heavy atom. The molecule has 0 aliphatic heterocycles. The van der Waals surface area contributed by atoms with Crippen LogP contribution < -0.4 is 10.3 Å². The van der Waals surface area contributed by atoms with Gasteiger partial charge in [-0.1, -0.05) is 11.6 Å². The zero-order chi connectivity index (χ0) is 25.2. The van der Waals surface area contributed by atoms with E-state index in [9.17, 15) is 22.4 Å². The predicted molar refractivity (Wildman–Crippen MR) is 126 cm³/mol. The van der Waals surface area contributed by atoms with Crippen LogP contribution in [0.2, 0.25) is 5.02 Å². The Balaban J connectivity index is 1.58. The van der Waals surface area contributed by atoms with E-state index in [1.165, 1.54) is 12.1 Å². The fourth-order valence-electron chi connectivity index (χ4n) is 3.72. The molecule has 34 heavy (non-hydrogen) atoms. The Morgan fingerprint density at radius 1 is 1.29 bits per heavy atom. The number of rotatable bonds is 8. The van der Waals surface area contributed by atoms with Crippen molar-refractivity contribution in [1.82, 2.24) is 29.6 Å². The molecule has 1 aliphatic carbocycles. The summed E-state index contributed by atoms with van der Waals surface area (Å²) in [5, 5.41) is -0.288. The van der Waals surface area contributed by atoms with Gasteiger partial charge < -0.3 is 14.4 Å². The second-order valence-electron chi connectivity index (χ2n) is 8.48. The number of benzene rings is 1. The van der Waals surface area contributed by atoms with Crippen molar-refractivity contribution < 1.29 is 22.4 Å². The van der Waals surface area contributed by atoms with Crippen molar-refractivity contribution in [3.63, 3.8) is 0 Å². The number of imidazole rings is 1. The van der Waals surface area contributed by atoms with Gasteiger partial charge in [0.05, 0.1) is 28.4 Å². The highest BCUT2D eigenvalue weighted by Crippen LogP contribution is 2.32. The van der Waals surface area contributed by atoms with Gasteiger partial charge in [-0.3, -0.25) is 10.2 Å². The molecule has 1 fully saturated rings. The molecule has 2 aromatic rings. The number of sulfonamides is 1. The van der Waals surface area contributed by atoms with Gasteiger partial charge in [-0.2, -0.15) is 0 Å². The SMILES string of the molecule is CCN(C)C(=O)N(C)C1CC(CS(=O)(=O)NNC(=O)c2cc(-c3cn(C)cn3)cc(Cl)c2F)C1. The summed E-state index contributed by atoms with van der Waals surface area (Å²) < 4.78 is 41.0. The van der Waals surface area contributed by atoms with Gasteiger partial charge in [-0.15, -0.1) is 4.83 Å². The average Bonchev–Trinajstić information content (AvgIpc) is 3.20. The molecule has 0 bridgehead atoms. The molecule has 1 aromatic heterocycles. The molecule has 0 radical (unpaired) electrons. The number of urea groups is 1. The van der Waals surface area contributed by atoms with Crippen LogP contribution >= 0.6 is 11.6 Å². The number of halogens is 2. The van der Waals surface area contributed by atoms with Crippen LogP contribution in [-0.2, 0) is 17.1 Å². The fourth-order valence-corrected chi connectivity index (χ4v) is 5.16. The molecule has 186 valence electrons. The van der Waals surface area contributed by atoms with Crippen LogP contribution in [0.25, 0.3) is 11.3 Å². The van der Waals surface area contributed by atoms with Gasteiger partial charge in [0.2, 0.25) is 10.0 Å². The van der Waals surface area contributed by atoms with E-state index in [0.29, 0.717) is 30.6 Å². The highest BCUT2D eigenvalue weighted by Gasteiger charge is 2.37. The summed E-state index contributed by atoms with van der Waals surface area (Å²) in [4.78, 5) is 34.1. The van der Waals surface area contributed by atoms with Crippen LogP contribution in [0.4, 0.5) is 9.18 Å². The maximum atomic E-state index is 14.5. The second kappa shape index (κ2) is 10.3. The van der Waals surface area contributed by atoms with Crippen LogP contribution in [0.1, 0.15) is 30.1 Å². The largest absolute Gasteiger partial charge is 0.340 e. The Morgan fingerprint density at radius 2 is 1.97 bits per heavy atom. The first-order valence-electron chi connectivity index (χ1n) is 10.7. The Hall–Kier alpha value is -2.70. The fraction of sp³-hybridized carbons (Fsp3) is 0.476. The molecule has 1 aliphatic rings. The lowest BCUT2D eigenvalue weighted by atomic mass is 9.81. The summed E-state index contributed by atoms with van der Waals surface area (Å²) in [6, 6.07) is 2.44. The summed E-state index contributed by atoms with van der Waals surface area (Å²) in [5.74, 6) is -2.35. The van der Waals surface area contributed by atoms with Crippen LogP contribution in [0.3, 0.4) is 0 Å². The first kappa shape index (κ1) is 25.9. The third kappa shape index (κ3) is 5.86. The van der Waals surface area contributed by atoms with Gasteiger partial charge in [-0.25, -0.2) is 22.6 Å². The lowest BCUT2D eigenvalue weighted by molar-refractivity contribution is 0.0938. The minimum atomic E-state index is -3.88. The molecule has 0 atom stereocenters. The molecule has 1 aromatic carbocycles. The molecular formula is C21H28ClFN6O4S. The average molecular weight is 515 g/mol. The summed E-state index contributed by atoms with van der Waals surface area (Å²) >= 11 is 5.94. The molecule has 0 spiro atoms. The number of nitrogens with zero attached hydrogens (tertiary/aromatic N) is 4. The predicted octanol–water partition coefficient (Wildman–Crippen LogP) is 2.23. The maximum absolute atomic E-state index is 14.5. The minimum Gasteiger partial charge on any atom is -0.340 e. The zero-order valence-corrected chi connectivity index (χ0v) is 21.0. The number of nitrogens with one attached hydrogen (secondary N) is 2. The molecule has 2 N–H and O–H groups in total. The summed E-state index contributed by atoms with van der Waals surface area (Å²) in [5.41, 5.74) is 2.52. The number of aromatic nitrogens is 2. The number of hydrogen-bond donors (Lipinski definition) is 2. The van der Waals surface area contributed by atoms with Crippen LogP contribution in [0.15, 0.2) is 24.7 Å². The van der Waals surface area contributed by atoms with Crippen LogP contribution in [-0.4, -0.2) is 72.1 Å². The third-order valence-corrected chi connectivity index (χ3v) is 7.51. The van der Waals surface area contributed by atoms with E-state index in [1.54, 1.807) is 48.0 Å². The highest BCUT2D eigenvalue weighted by atomic mass is 35.5. The lowest BCUT2D eigenvalue weighted by Crippen LogP contribution is -2.52. The van der Waals surface area contributed by atoms with Gasteiger partial charge >= 0.3 is 6.03 Å². The quantitative estimate of drug-likeness (QED) is 0.524.